The fraction of sp³-hybridized carbons (Fsp3) is 0.667. The first-order chi connectivity index (χ1) is 14.0. The number of hydrogen-bond donors (Lipinski definition) is 2. The Bertz CT molecular complexity index is 594. The van der Waals surface area contributed by atoms with Crippen LogP contribution in [-0.2, 0) is 11.3 Å². The molecule has 0 saturated carbocycles. The van der Waals surface area contributed by atoms with Crippen molar-refractivity contribution in [2.75, 3.05) is 39.3 Å². The Morgan fingerprint density at radius 2 is 1.87 bits per heavy atom. The summed E-state index contributed by atoms with van der Waals surface area (Å²) < 4.78 is 42.7. The maximum atomic E-state index is 12.2. The largest absolute Gasteiger partial charge is 0.390 e. The predicted octanol–water partition coefficient (Wildman–Crippen LogP) is 4.18. The van der Waals surface area contributed by atoms with E-state index >= 15 is 0 Å². The first kappa shape index (κ1) is 27.0. The van der Waals surface area contributed by atoms with E-state index in [0.717, 1.165) is 38.9 Å². The molecular formula is C21H34F3IN4O. The molecule has 2 N–H and O–H groups in total. The van der Waals surface area contributed by atoms with Crippen molar-refractivity contribution in [3.8, 4) is 0 Å². The van der Waals surface area contributed by atoms with Crippen molar-refractivity contribution in [3.05, 3.63) is 35.9 Å². The number of likely N-dealkylation sites (tertiary alicyclic amines) is 1. The molecule has 0 atom stereocenters. The van der Waals surface area contributed by atoms with E-state index in [-0.39, 0.29) is 36.6 Å². The zero-order valence-corrected chi connectivity index (χ0v) is 19.9. The van der Waals surface area contributed by atoms with Gasteiger partial charge in [-0.25, -0.2) is 0 Å². The number of aliphatic imine (C=N–C) groups is 1. The molecular weight excluding hydrogens is 508 g/mol. The minimum atomic E-state index is -4.16. The monoisotopic (exact) mass is 542 g/mol. The van der Waals surface area contributed by atoms with Crippen molar-refractivity contribution in [3.63, 3.8) is 0 Å². The van der Waals surface area contributed by atoms with Gasteiger partial charge in [0.05, 0.1) is 12.5 Å². The van der Waals surface area contributed by atoms with Gasteiger partial charge in [-0.3, -0.25) is 9.89 Å². The maximum absolute atomic E-state index is 12.2. The molecule has 1 fully saturated rings. The smallest absolute Gasteiger partial charge is 0.378 e. The van der Waals surface area contributed by atoms with Gasteiger partial charge in [0, 0.05) is 45.9 Å². The summed E-state index contributed by atoms with van der Waals surface area (Å²) >= 11 is 0. The molecule has 0 aromatic heterocycles. The summed E-state index contributed by atoms with van der Waals surface area (Å²) in [7, 11) is 0. The van der Waals surface area contributed by atoms with Gasteiger partial charge in [0.1, 0.15) is 0 Å². The SMILES string of the molecule is CCNC(=NCCCOC1CCN(Cc2ccccc2)CC1)NCCC(F)(F)F.I. The number of hydrogen-bond acceptors (Lipinski definition) is 3. The lowest BCUT2D eigenvalue weighted by Gasteiger charge is -2.31. The van der Waals surface area contributed by atoms with Crippen molar-refractivity contribution in [1.29, 1.82) is 0 Å². The fourth-order valence-electron chi connectivity index (χ4n) is 3.25. The van der Waals surface area contributed by atoms with Crippen molar-refractivity contribution >= 4 is 29.9 Å². The third kappa shape index (κ3) is 11.9. The van der Waals surface area contributed by atoms with E-state index in [0.29, 0.717) is 25.7 Å². The van der Waals surface area contributed by atoms with E-state index < -0.39 is 12.6 Å². The average molecular weight is 542 g/mol. The number of nitrogens with zero attached hydrogens (tertiary/aromatic N) is 2. The Morgan fingerprint density at radius 1 is 1.17 bits per heavy atom. The molecule has 0 amide bonds. The molecule has 0 unspecified atom stereocenters. The molecule has 1 aromatic carbocycles. The highest BCUT2D eigenvalue weighted by Crippen LogP contribution is 2.18. The molecule has 1 aliphatic rings. The zero-order valence-electron chi connectivity index (χ0n) is 17.6. The second kappa shape index (κ2) is 14.9. The van der Waals surface area contributed by atoms with Gasteiger partial charge in [-0.15, -0.1) is 24.0 Å². The van der Waals surface area contributed by atoms with Gasteiger partial charge in [0.2, 0.25) is 0 Å². The molecule has 0 aliphatic carbocycles. The van der Waals surface area contributed by atoms with Crippen LogP contribution in [0.25, 0.3) is 0 Å². The number of halogens is 4. The molecule has 1 aromatic rings. The maximum Gasteiger partial charge on any atom is 0.390 e. The normalized spacial score (nSPS) is 16.2. The third-order valence-electron chi connectivity index (χ3n) is 4.75. The average Bonchev–Trinajstić information content (AvgIpc) is 2.69. The molecule has 0 radical (unpaired) electrons. The molecule has 30 heavy (non-hydrogen) atoms. The third-order valence-corrected chi connectivity index (χ3v) is 4.75. The number of piperidine rings is 1. The van der Waals surface area contributed by atoms with Gasteiger partial charge in [-0.1, -0.05) is 30.3 Å². The molecule has 1 saturated heterocycles. The topological polar surface area (TPSA) is 48.9 Å². The van der Waals surface area contributed by atoms with E-state index in [2.05, 4.69) is 44.8 Å². The molecule has 0 spiro atoms. The van der Waals surface area contributed by atoms with Gasteiger partial charge >= 0.3 is 6.18 Å². The molecule has 5 nitrogen and oxygen atoms in total. The quantitative estimate of drug-likeness (QED) is 0.202. The Labute approximate surface area is 194 Å². The van der Waals surface area contributed by atoms with Gasteiger partial charge in [0.15, 0.2) is 5.96 Å². The van der Waals surface area contributed by atoms with Gasteiger partial charge in [0.25, 0.3) is 0 Å². The predicted molar refractivity (Wildman–Crippen MR) is 125 cm³/mol. The van der Waals surface area contributed by atoms with E-state index in [9.17, 15) is 13.2 Å². The van der Waals surface area contributed by atoms with Crippen molar-refractivity contribution in [2.24, 2.45) is 4.99 Å². The number of guanidine groups is 1. The Kier molecular flexibility index (Phi) is 13.3. The second-order valence-electron chi connectivity index (χ2n) is 7.24. The minimum absolute atomic E-state index is 0. The highest BCUT2D eigenvalue weighted by atomic mass is 127. The first-order valence-electron chi connectivity index (χ1n) is 10.4. The summed E-state index contributed by atoms with van der Waals surface area (Å²) in [6.45, 7) is 6.51. The van der Waals surface area contributed by atoms with Crippen LogP contribution in [0.2, 0.25) is 0 Å². The molecule has 0 bridgehead atoms. The Morgan fingerprint density at radius 3 is 2.50 bits per heavy atom. The van der Waals surface area contributed by atoms with Gasteiger partial charge in [-0.05, 0) is 31.7 Å². The van der Waals surface area contributed by atoms with Crippen LogP contribution in [0.3, 0.4) is 0 Å². The number of rotatable bonds is 10. The number of nitrogens with one attached hydrogen (secondary N) is 2. The number of alkyl halides is 3. The second-order valence-corrected chi connectivity index (χ2v) is 7.24. The summed E-state index contributed by atoms with van der Waals surface area (Å²) in [6.07, 6.45) is -1.95. The van der Waals surface area contributed by atoms with Crippen molar-refractivity contribution in [2.45, 2.75) is 51.4 Å². The van der Waals surface area contributed by atoms with E-state index in [1.54, 1.807) is 0 Å². The van der Waals surface area contributed by atoms with Crippen molar-refractivity contribution in [1.82, 2.24) is 15.5 Å². The standard InChI is InChI=1S/C21H33F3N4O.HI/c1-2-25-20(27-13-11-21(22,23)24)26-12-6-16-29-19-9-14-28(15-10-19)17-18-7-4-3-5-8-18;/h3-5,7-8,19H,2,6,9-17H2,1H3,(H2,25,26,27);1H. The van der Waals surface area contributed by atoms with E-state index in [1.807, 2.05) is 13.0 Å². The van der Waals surface area contributed by atoms with Crippen LogP contribution in [0, 0.1) is 0 Å². The Balaban J connectivity index is 0.00000450. The summed E-state index contributed by atoms with van der Waals surface area (Å²) in [6, 6.07) is 10.5. The van der Waals surface area contributed by atoms with Crippen LogP contribution < -0.4 is 10.6 Å². The van der Waals surface area contributed by atoms with Crippen LogP contribution in [0.1, 0.15) is 38.2 Å². The molecule has 2 rings (SSSR count). The summed E-state index contributed by atoms with van der Waals surface area (Å²) in [5.41, 5.74) is 1.34. The highest BCUT2D eigenvalue weighted by Gasteiger charge is 2.26. The molecule has 1 heterocycles. The molecule has 1 aliphatic heterocycles. The van der Waals surface area contributed by atoms with Gasteiger partial charge < -0.3 is 15.4 Å². The van der Waals surface area contributed by atoms with Crippen LogP contribution in [0.4, 0.5) is 13.2 Å². The number of benzene rings is 1. The summed E-state index contributed by atoms with van der Waals surface area (Å²) in [4.78, 5) is 6.77. The van der Waals surface area contributed by atoms with Gasteiger partial charge in [-0.2, -0.15) is 13.2 Å². The summed E-state index contributed by atoms with van der Waals surface area (Å²) in [5.74, 6) is 0.422. The Hall–Kier alpha value is -1.07. The lowest BCUT2D eigenvalue weighted by atomic mass is 10.1. The highest BCUT2D eigenvalue weighted by molar-refractivity contribution is 14.0. The number of ether oxygens (including phenoxy) is 1. The van der Waals surface area contributed by atoms with Crippen LogP contribution in [0.15, 0.2) is 35.3 Å². The van der Waals surface area contributed by atoms with E-state index in [1.165, 1.54) is 5.56 Å². The molecule has 9 heteroatoms. The first-order valence-corrected chi connectivity index (χ1v) is 10.4. The van der Waals surface area contributed by atoms with Crippen molar-refractivity contribution < 1.29 is 17.9 Å². The lowest BCUT2D eigenvalue weighted by Crippen LogP contribution is -2.39. The van der Waals surface area contributed by atoms with E-state index in [4.69, 9.17) is 4.74 Å². The summed E-state index contributed by atoms with van der Waals surface area (Å²) in [5, 5.41) is 5.67. The minimum Gasteiger partial charge on any atom is -0.378 e. The lowest BCUT2D eigenvalue weighted by molar-refractivity contribution is -0.132. The van der Waals surface area contributed by atoms with Crippen LogP contribution >= 0.6 is 24.0 Å². The fourth-order valence-corrected chi connectivity index (χ4v) is 3.25. The van der Waals surface area contributed by atoms with Crippen LogP contribution in [-0.4, -0.2) is 62.5 Å². The zero-order chi connectivity index (χ0) is 21.0. The van der Waals surface area contributed by atoms with Crippen LogP contribution in [0.5, 0.6) is 0 Å². The molecule has 172 valence electrons.